The van der Waals surface area contributed by atoms with E-state index in [9.17, 15) is 14.4 Å². The second kappa shape index (κ2) is 8.66. The minimum atomic E-state index is -0.352. The van der Waals surface area contributed by atoms with Crippen LogP contribution in [-0.2, 0) is 13.1 Å². The number of hydrogen-bond acceptors (Lipinski definition) is 5. The molecule has 4 rings (SSSR count). The molecule has 2 amide bonds. The van der Waals surface area contributed by atoms with Gasteiger partial charge >= 0.3 is 0 Å². The largest absolute Gasteiger partial charge is 0.467 e. The highest BCUT2D eigenvalue weighted by Gasteiger charge is 2.22. The number of nitrogens with zero attached hydrogens (tertiary/aromatic N) is 2. The van der Waals surface area contributed by atoms with Gasteiger partial charge in [0.15, 0.2) is 5.69 Å². The maximum Gasteiger partial charge on any atom is 0.275 e. The lowest BCUT2D eigenvalue weighted by Gasteiger charge is -2.22. The third-order valence-corrected chi connectivity index (χ3v) is 4.93. The van der Waals surface area contributed by atoms with Gasteiger partial charge < -0.3 is 14.6 Å². The molecule has 0 fully saturated rings. The highest BCUT2D eigenvalue weighted by molar-refractivity contribution is 6.04. The Morgan fingerprint density at radius 1 is 1.00 bits per heavy atom. The number of nitrogens with one attached hydrogen (secondary N) is 2. The van der Waals surface area contributed by atoms with Crippen molar-refractivity contribution in [3.8, 4) is 0 Å². The SMILES string of the molecule is CNC(=O)c1ccc(CN(Cc2ccco2)C(=O)c2n[nH]c(=O)c3ccccc23)cc1. The molecule has 4 aromatic rings. The number of amides is 2. The molecule has 0 aliphatic carbocycles. The molecule has 0 saturated heterocycles. The molecule has 8 heteroatoms. The Morgan fingerprint density at radius 2 is 1.74 bits per heavy atom. The Hall–Kier alpha value is -4.20. The van der Waals surface area contributed by atoms with E-state index in [0.29, 0.717) is 22.1 Å². The Bertz CT molecular complexity index is 1280. The van der Waals surface area contributed by atoms with Crippen molar-refractivity contribution in [3.05, 3.63) is 99.9 Å². The number of furan rings is 1. The highest BCUT2D eigenvalue weighted by atomic mass is 16.3. The third kappa shape index (κ3) is 4.23. The minimum Gasteiger partial charge on any atom is -0.467 e. The molecule has 0 aliphatic rings. The molecule has 8 nitrogen and oxygen atoms in total. The van der Waals surface area contributed by atoms with Crippen LogP contribution in [-0.4, -0.2) is 34.0 Å². The second-order valence-corrected chi connectivity index (χ2v) is 6.96. The van der Waals surface area contributed by atoms with Crippen LogP contribution in [0.5, 0.6) is 0 Å². The summed E-state index contributed by atoms with van der Waals surface area (Å²) in [6.07, 6.45) is 1.55. The van der Waals surface area contributed by atoms with Crippen LogP contribution in [0.3, 0.4) is 0 Å². The van der Waals surface area contributed by atoms with Gasteiger partial charge in [0.05, 0.1) is 18.2 Å². The summed E-state index contributed by atoms with van der Waals surface area (Å²) in [5.41, 5.74) is 1.17. The van der Waals surface area contributed by atoms with E-state index in [1.807, 2.05) is 0 Å². The number of fused-ring (bicyclic) bond motifs is 1. The fourth-order valence-corrected chi connectivity index (χ4v) is 3.34. The van der Waals surface area contributed by atoms with E-state index < -0.39 is 0 Å². The van der Waals surface area contributed by atoms with Gasteiger partial charge in [-0.2, -0.15) is 5.10 Å². The lowest BCUT2D eigenvalue weighted by molar-refractivity contribution is 0.0712. The molecule has 156 valence electrons. The Morgan fingerprint density at radius 3 is 2.42 bits per heavy atom. The van der Waals surface area contributed by atoms with Crippen molar-refractivity contribution < 1.29 is 14.0 Å². The van der Waals surface area contributed by atoms with Crippen molar-refractivity contribution in [1.29, 1.82) is 0 Å². The lowest BCUT2D eigenvalue weighted by Crippen LogP contribution is -2.32. The first-order valence-corrected chi connectivity index (χ1v) is 9.67. The molecule has 2 aromatic heterocycles. The van der Waals surface area contributed by atoms with Gasteiger partial charge in [-0.25, -0.2) is 5.10 Å². The smallest absolute Gasteiger partial charge is 0.275 e. The summed E-state index contributed by atoms with van der Waals surface area (Å²) in [6, 6.07) is 17.4. The fourth-order valence-electron chi connectivity index (χ4n) is 3.34. The molecule has 2 heterocycles. The monoisotopic (exact) mass is 416 g/mol. The summed E-state index contributed by atoms with van der Waals surface area (Å²) in [7, 11) is 1.57. The first-order chi connectivity index (χ1) is 15.1. The van der Waals surface area contributed by atoms with Gasteiger partial charge in [0.2, 0.25) is 0 Å². The summed E-state index contributed by atoms with van der Waals surface area (Å²) in [5.74, 6) is 0.0854. The molecule has 0 spiro atoms. The average molecular weight is 416 g/mol. The van der Waals surface area contributed by atoms with Crippen LogP contribution in [0.1, 0.15) is 32.2 Å². The van der Waals surface area contributed by atoms with E-state index >= 15 is 0 Å². The predicted octanol–water partition coefficient (Wildman–Crippen LogP) is 2.72. The van der Waals surface area contributed by atoms with E-state index in [-0.39, 0.29) is 36.2 Å². The second-order valence-electron chi connectivity index (χ2n) is 6.96. The minimum absolute atomic E-state index is 0.156. The highest BCUT2D eigenvalue weighted by Crippen LogP contribution is 2.19. The zero-order valence-electron chi connectivity index (χ0n) is 16.8. The molecule has 2 aromatic carbocycles. The van der Waals surface area contributed by atoms with Crippen molar-refractivity contribution in [2.24, 2.45) is 0 Å². The maximum absolute atomic E-state index is 13.5. The number of carbonyl (C=O) groups excluding carboxylic acids is 2. The fraction of sp³-hybridized carbons (Fsp3) is 0.130. The van der Waals surface area contributed by atoms with Gasteiger partial charge in [-0.1, -0.05) is 30.3 Å². The van der Waals surface area contributed by atoms with Gasteiger partial charge in [0, 0.05) is 24.5 Å². The van der Waals surface area contributed by atoms with Crippen molar-refractivity contribution >= 4 is 22.6 Å². The van der Waals surface area contributed by atoms with Crippen LogP contribution in [0.15, 0.2) is 76.1 Å². The van der Waals surface area contributed by atoms with Crippen LogP contribution in [0.25, 0.3) is 10.8 Å². The molecule has 0 bridgehead atoms. The Labute approximate surface area is 177 Å². The predicted molar refractivity (Wildman–Crippen MR) is 114 cm³/mol. The summed E-state index contributed by atoms with van der Waals surface area (Å²) < 4.78 is 5.43. The molecule has 0 saturated carbocycles. The van der Waals surface area contributed by atoms with Gasteiger partial charge in [0.25, 0.3) is 17.4 Å². The molecule has 31 heavy (non-hydrogen) atoms. The lowest BCUT2D eigenvalue weighted by atomic mass is 10.1. The standard InChI is InChI=1S/C23H20N4O4/c1-24-21(28)16-10-8-15(9-11-16)13-27(14-17-5-4-12-31-17)23(30)20-18-6-2-3-7-19(18)22(29)26-25-20/h2-12H,13-14H2,1H3,(H,24,28)(H,26,29). The Balaban J connectivity index is 1.68. The molecule has 2 N–H and O–H groups in total. The zero-order valence-corrected chi connectivity index (χ0v) is 16.8. The molecular formula is C23H20N4O4. The van der Waals surface area contributed by atoms with Crippen LogP contribution in [0.2, 0.25) is 0 Å². The van der Waals surface area contributed by atoms with Crippen molar-refractivity contribution in [1.82, 2.24) is 20.4 Å². The van der Waals surface area contributed by atoms with Crippen molar-refractivity contribution in [2.75, 3.05) is 7.05 Å². The van der Waals surface area contributed by atoms with Gasteiger partial charge in [0.1, 0.15) is 5.76 Å². The van der Waals surface area contributed by atoms with E-state index in [2.05, 4.69) is 15.5 Å². The first kappa shape index (κ1) is 20.1. The summed E-state index contributed by atoms with van der Waals surface area (Å²) in [4.78, 5) is 38.9. The van der Waals surface area contributed by atoms with E-state index in [0.717, 1.165) is 5.56 Å². The first-order valence-electron chi connectivity index (χ1n) is 9.67. The van der Waals surface area contributed by atoms with Crippen LogP contribution in [0, 0.1) is 0 Å². The molecule has 0 radical (unpaired) electrons. The van der Waals surface area contributed by atoms with Crippen LogP contribution in [0.4, 0.5) is 0 Å². The Kier molecular flexibility index (Phi) is 5.61. The topological polar surface area (TPSA) is 108 Å². The van der Waals surface area contributed by atoms with Gasteiger partial charge in [-0.05, 0) is 35.9 Å². The zero-order chi connectivity index (χ0) is 21.8. The summed E-state index contributed by atoms with van der Waals surface area (Å²) in [5, 5.41) is 9.90. The van der Waals surface area contributed by atoms with Crippen LogP contribution >= 0.6 is 0 Å². The number of aromatic amines is 1. The number of carbonyl (C=O) groups is 2. The van der Waals surface area contributed by atoms with Gasteiger partial charge in [-0.3, -0.25) is 14.4 Å². The number of H-pyrrole nitrogens is 1. The maximum atomic E-state index is 13.5. The number of rotatable bonds is 6. The van der Waals surface area contributed by atoms with E-state index in [1.165, 1.54) is 0 Å². The normalized spacial score (nSPS) is 10.7. The van der Waals surface area contributed by atoms with Crippen molar-refractivity contribution in [2.45, 2.75) is 13.1 Å². The van der Waals surface area contributed by atoms with Gasteiger partial charge in [-0.15, -0.1) is 0 Å². The van der Waals surface area contributed by atoms with Crippen LogP contribution < -0.4 is 10.9 Å². The number of benzene rings is 2. The van der Waals surface area contributed by atoms with E-state index in [4.69, 9.17) is 4.42 Å². The summed E-state index contributed by atoms with van der Waals surface area (Å²) in [6.45, 7) is 0.487. The third-order valence-electron chi connectivity index (χ3n) is 4.93. The molecular weight excluding hydrogens is 396 g/mol. The molecule has 0 atom stereocenters. The molecule has 0 unspecified atom stereocenters. The molecule has 0 aliphatic heterocycles. The number of aromatic nitrogens is 2. The van der Waals surface area contributed by atoms with E-state index in [1.54, 1.807) is 78.9 Å². The van der Waals surface area contributed by atoms with Crippen molar-refractivity contribution in [3.63, 3.8) is 0 Å². The average Bonchev–Trinajstić information content (AvgIpc) is 3.32. The number of hydrogen-bond donors (Lipinski definition) is 2. The quantitative estimate of drug-likeness (QED) is 0.502. The summed E-state index contributed by atoms with van der Waals surface area (Å²) >= 11 is 0.